The molecule has 0 aliphatic rings. The zero-order valence-electron chi connectivity index (χ0n) is 12.5. The Hall–Kier alpha value is -1.06. The summed E-state index contributed by atoms with van der Waals surface area (Å²) >= 11 is 0. The average Bonchev–Trinajstić information content (AvgIpc) is 2.38. The maximum Gasteiger partial charge on any atom is 0.0467 e. The molecule has 0 saturated heterocycles. The Bertz CT molecular complexity index is 346. The second-order valence-corrected chi connectivity index (χ2v) is 5.93. The van der Waals surface area contributed by atoms with Gasteiger partial charge in [-0.25, -0.2) is 0 Å². The van der Waals surface area contributed by atoms with Crippen LogP contribution in [0.25, 0.3) is 0 Å². The number of nitrogens with one attached hydrogen (secondary N) is 1. The number of aryl methyl sites for hydroxylation is 1. The third kappa shape index (κ3) is 7.19. The van der Waals surface area contributed by atoms with Crippen molar-refractivity contribution in [3.05, 3.63) is 29.8 Å². The Morgan fingerprint density at radius 1 is 1.21 bits per heavy atom. The Kier molecular flexibility index (Phi) is 6.89. The van der Waals surface area contributed by atoms with Crippen LogP contribution in [0.4, 0.5) is 5.69 Å². The van der Waals surface area contributed by atoms with Gasteiger partial charge in [-0.1, -0.05) is 26.0 Å². The first kappa shape index (κ1) is 16.0. The summed E-state index contributed by atoms with van der Waals surface area (Å²) in [5, 5.41) is 3.54. The molecule has 0 bridgehead atoms. The highest BCUT2D eigenvalue weighted by Crippen LogP contribution is 2.18. The number of methoxy groups -OCH3 is 1. The van der Waals surface area contributed by atoms with Gasteiger partial charge < -0.3 is 15.8 Å². The summed E-state index contributed by atoms with van der Waals surface area (Å²) in [5.74, 6) is 0. The predicted octanol–water partition coefficient (Wildman–Crippen LogP) is 2.85. The predicted molar refractivity (Wildman–Crippen MR) is 82.3 cm³/mol. The number of ether oxygens (including phenoxy) is 1. The van der Waals surface area contributed by atoms with E-state index in [1.54, 1.807) is 7.11 Å². The zero-order chi connectivity index (χ0) is 14.1. The topological polar surface area (TPSA) is 47.3 Å². The number of benzene rings is 1. The van der Waals surface area contributed by atoms with Crippen LogP contribution >= 0.6 is 0 Å². The molecule has 3 N–H and O–H groups in total. The molecule has 3 nitrogen and oxygen atoms in total. The first-order chi connectivity index (χ1) is 9.03. The van der Waals surface area contributed by atoms with Crippen LogP contribution in [-0.4, -0.2) is 26.8 Å². The Morgan fingerprint density at radius 2 is 1.89 bits per heavy atom. The van der Waals surface area contributed by atoms with Gasteiger partial charge in [-0.05, 0) is 48.9 Å². The molecule has 0 spiro atoms. The number of hydrogen-bond acceptors (Lipinski definition) is 3. The second kappa shape index (κ2) is 8.18. The molecule has 1 rings (SSSR count). The largest absolute Gasteiger partial charge is 0.399 e. The van der Waals surface area contributed by atoms with E-state index in [9.17, 15) is 0 Å². The fourth-order valence-electron chi connectivity index (χ4n) is 2.00. The van der Waals surface area contributed by atoms with Crippen molar-refractivity contribution in [3.8, 4) is 0 Å². The molecule has 0 aliphatic heterocycles. The quantitative estimate of drug-likeness (QED) is 0.532. The van der Waals surface area contributed by atoms with Crippen LogP contribution < -0.4 is 11.1 Å². The molecule has 3 heteroatoms. The molecule has 0 unspecified atom stereocenters. The van der Waals surface area contributed by atoms with Crippen LogP contribution in [-0.2, 0) is 11.2 Å². The molecule has 0 saturated carbocycles. The number of nitrogens with two attached hydrogens (primary N) is 1. The summed E-state index contributed by atoms with van der Waals surface area (Å²) in [5.41, 5.74) is 8.16. The van der Waals surface area contributed by atoms with E-state index in [0.29, 0.717) is 5.41 Å². The summed E-state index contributed by atoms with van der Waals surface area (Å²) < 4.78 is 5.13. The normalized spacial score (nSPS) is 11.7. The highest BCUT2D eigenvalue weighted by molar-refractivity contribution is 5.39. The van der Waals surface area contributed by atoms with Gasteiger partial charge in [0.1, 0.15) is 0 Å². The number of hydrogen-bond donors (Lipinski definition) is 2. The van der Waals surface area contributed by atoms with Gasteiger partial charge in [0, 0.05) is 25.9 Å². The van der Waals surface area contributed by atoms with E-state index in [0.717, 1.165) is 44.6 Å². The fourth-order valence-corrected chi connectivity index (χ4v) is 2.00. The molecule has 108 valence electrons. The van der Waals surface area contributed by atoms with Crippen molar-refractivity contribution < 1.29 is 4.74 Å². The van der Waals surface area contributed by atoms with E-state index < -0.39 is 0 Å². The minimum Gasteiger partial charge on any atom is -0.399 e. The van der Waals surface area contributed by atoms with Crippen molar-refractivity contribution in [3.63, 3.8) is 0 Å². The molecule has 0 radical (unpaired) electrons. The molecule has 1 aromatic carbocycles. The number of rotatable bonds is 9. The van der Waals surface area contributed by atoms with E-state index in [2.05, 4.69) is 31.3 Å². The lowest BCUT2D eigenvalue weighted by atomic mass is 9.89. The summed E-state index contributed by atoms with van der Waals surface area (Å²) in [7, 11) is 1.76. The van der Waals surface area contributed by atoms with Crippen LogP contribution in [0.2, 0.25) is 0 Å². The van der Waals surface area contributed by atoms with E-state index >= 15 is 0 Å². The third-order valence-corrected chi connectivity index (χ3v) is 3.39. The molecular weight excluding hydrogens is 236 g/mol. The van der Waals surface area contributed by atoms with E-state index in [-0.39, 0.29) is 0 Å². The summed E-state index contributed by atoms with van der Waals surface area (Å²) in [6.07, 6.45) is 3.35. The van der Waals surface area contributed by atoms with Gasteiger partial charge in [-0.2, -0.15) is 0 Å². The highest BCUT2D eigenvalue weighted by Gasteiger charge is 2.16. The Morgan fingerprint density at radius 3 is 2.53 bits per heavy atom. The molecule has 0 fully saturated rings. The van der Waals surface area contributed by atoms with Crippen molar-refractivity contribution in [1.29, 1.82) is 0 Å². The van der Waals surface area contributed by atoms with Gasteiger partial charge in [-0.15, -0.1) is 0 Å². The lowest BCUT2D eigenvalue weighted by Crippen LogP contribution is -2.31. The van der Waals surface area contributed by atoms with Gasteiger partial charge in [0.05, 0.1) is 0 Å². The lowest BCUT2D eigenvalue weighted by molar-refractivity contribution is 0.151. The standard InChI is InChI=1S/C16H28N2O/c1-16(2,10-12-19-3)13-18-11-4-5-14-6-8-15(17)9-7-14/h6-9,18H,4-5,10-13,17H2,1-3H3. The third-order valence-electron chi connectivity index (χ3n) is 3.39. The average molecular weight is 264 g/mol. The zero-order valence-corrected chi connectivity index (χ0v) is 12.5. The van der Waals surface area contributed by atoms with Crippen LogP contribution in [0.15, 0.2) is 24.3 Å². The first-order valence-corrected chi connectivity index (χ1v) is 7.07. The van der Waals surface area contributed by atoms with Gasteiger partial charge in [0.15, 0.2) is 0 Å². The molecule has 0 aliphatic carbocycles. The van der Waals surface area contributed by atoms with Crippen molar-refractivity contribution in [2.45, 2.75) is 33.1 Å². The van der Waals surface area contributed by atoms with E-state index in [1.807, 2.05) is 12.1 Å². The summed E-state index contributed by atoms with van der Waals surface area (Å²) in [6.45, 7) is 7.48. The Balaban J connectivity index is 2.12. The molecular formula is C16H28N2O. The fraction of sp³-hybridized carbons (Fsp3) is 0.625. The summed E-state index contributed by atoms with van der Waals surface area (Å²) in [6, 6.07) is 8.16. The van der Waals surface area contributed by atoms with E-state index in [1.165, 1.54) is 5.56 Å². The Labute approximate surface area is 117 Å². The van der Waals surface area contributed by atoms with Crippen LogP contribution in [0.3, 0.4) is 0 Å². The van der Waals surface area contributed by atoms with Crippen LogP contribution in [0.1, 0.15) is 32.3 Å². The number of anilines is 1. The van der Waals surface area contributed by atoms with Crippen LogP contribution in [0, 0.1) is 5.41 Å². The minimum atomic E-state index is 0.303. The van der Waals surface area contributed by atoms with Gasteiger partial charge in [0.2, 0.25) is 0 Å². The highest BCUT2D eigenvalue weighted by atomic mass is 16.5. The van der Waals surface area contributed by atoms with Gasteiger partial charge >= 0.3 is 0 Å². The number of nitrogen functional groups attached to an aromatic ring is 1. The lowest BCUT2D eigenvalue weighted by Gasteiger charge is -2.24. The smallest absolute Gasteiger partial charge is 0.0467 e. The van der Waals surface area contributed by atoms with E-state index in [4.69, 9.17) is 10.5 Å². The van der Waals surface area contributed by atoms with Crippen molar-refractivity contribution >= 4 is 5.69 Å². The molecule has 1 aromatic rings. The van der Waals surface area contributed by atoms with Crippen molar-refractivity contribution in [1.82, 2.24) is 5.32 Å². The van der Waals surface area contributed by atoms with Crippen LogP contribution in [0.5, 0.6) is 0 Å². The monoisotopic (exact) mass is 264 g/mol. The molecule has 0 atom stereocenters. The first-order valence-electron chi connectivity index (χ1n) is 7.07. The van der Waals surface area contributed by atoms with Gasteiger partial charge in [0.25, 0.3) is 0 Å². The maximum absolute atomic E-state index is 5.67. The van der Waals surface area contributed by atoms with Gasteiger partial charge in [-0.3, -0.25) is 0 Å². The molecule has 0 amide bonds. The van der Waals surface area contributed by atoms with Crippen molar-refractivity contribution in [2.24, 2.45) is 5.41 Å². The second-order valence-electron chi connectivity index (χ2n) is 5.93. The maximum atomic E-state index is 5.67. The summed E-state index contributed by atoms with van der Waals surface area (Å²) in [4.78, 5) is 0. The minimum absolute atomic E-state index is 0.303. The van der Waals surface area contributed by atoms with Crippen molar-refractivity contribution in [2.75, 3.05) is 32.5 Å². The molecule has 0 heterocycles. The molecule has 0 aromatic heterocycles. The SMILES string of the molecule is COCCC(C)(C)CNCCCc1ccc(N)cc1. The molecule has 19 heavy (non-hydrogen) atoms.